The van der Waals surface area contributed by atoms with Crippen molar-refractivity contribution in [2.75, 3.05) is 13.2 Å². The van der Waals surface area contributed by atoms with Crippen LogP contribution in [0.15, 0.2) is 11.6 Å². The average molecular weight is 471 g/mol. The molecule has 4 fully saturated rings. The number of fused-ring (bicyclic) bond motifs is 5. The molecular formula is C31H50O3. The van der Waals surface area contributed by atoms with Crippen molar-refractivity contribution in [1.82, 2.24) is 0 Å². The van der Waals surface area contributed by atoms with Gasteiger partial charge in [-0.3, -0.25) is 4.79 Å². The minimum absolute atomic E-state index is 0.149. The second-order valence-corrected chi connectivity index (χ2v) is 13.7. The Hall–Kier alpha value is -0.670. The Bertz CT molecular complexity index is 807. The Labute approximate surface area is 208 Å². The van der Waals surface area contributed by atoms with Crippen LogP contribution in [0.3, 0.4) is 0 Å². The van der Waals surface area contributed by atoms with Crippen molar-refractivity contribution < 1.29 is 14.3 Å². The molecule has 4 aliphatic carbocycles. The fourth-order valence-corrected chi connectivity index (χ4v) is 9.76. The molecule has 1 aliphatic heterocycles. The SMILES string of the molecule is CC[C@H](CC[C@@H](C)[C@H]1CC[C@H]2[C@@H]3C(=O)C=C4CC5(CC[C@]4(C)[C@H]3CC[C@]12C)OCCO5)C(C)C. The molecule has 0 unspecified atom stereocenters. The zero-order valence-corrected chi connectivity index (χ0v) is 22.8. The summed E-state index contributed by atoms with van der Waals surface area (Å²) in [6.07, 6.45) is 14.1. The quantitative estimate of drug-likeness (QED) is 0.401. The summed E-state index contributed by atoms with van der Waals surface area (Å²) in [7, 11) is 0. The minimum atomic E-state index is -0.443. The van der Waals surface area contributed by atoms with Crippen molar-refractivity contribution in [3.8, 4) is 0 Å². The lowest BCUT2D eigenvalue weighted by Crippen LogP contribution is -2.55. The summed E-state index contributed by atoms with van der Waals surface area (Å²) in [6, 6.07) is 0. The number of hydrogen-bond acceptors (Lipinski definition) is 3. The van der Waals surface area contributed by atoms with E-state index in [0.717, 1.165) is 42.9 Å². The molecule has 0 amide bonds. The van der Waals surface area contributed by atoms with Crippen LogP contribution in [0, 0.1) is 52.3 Å². The summed E-state index contributed by atoms with van der Waals surface area (Å²) in [5.74, 6) is 4.51. The molecule has 0 bridgehead atoms. The Morgan fingerprint density at radius 3 is 2.38 bits per heavy atom. The Kier molecular flexibility index (Phi) is 6.63. The van der Waals surface area contributed by atoms with Gasteiger partial charge in [0.25, 0.3) is 0 Å². The number of allylic oxidation sites excluding steroid dienone is 1. The van der Waals surface area contributed by atoms with Crippen molar-refractivity contribution in [3.05, 3.63) is 11.6 Å². The third-order valence-corrected chi connectivity index (χ3v) is 12.0. The highest BCUT2D eigenvalue weighted by molar-refractivity contribution is 5.94. The predicted molar refractivity (Wildman–Crippen MR) is 137 cm³/mol. The molecule has 3 nitrogen and oxygen atoms in total. The number of rotatable bonds is 6. The maximum Gasteiger partial charge on any atom is 0.172 e. The van der Waals surface area contributed by atoms with E-state index in [1.54, 1.807) is 0 Å². The molecule has 0 aromatic heterocycles. The summed E-state index contributed by atoms with van der Waals surface area (Å²) in [4.78, 5) is 13.8. The van der Waals surface area contributed by atoms with Crippen LogP contribution in [0.2, 0.25) is 0 Å². The van der Waals surface area contributed by atoms with Crippen LogP contribution in [0.25, 0.3) is 0 Å². The van der Waals surface area contributed by atoms with E-state index in [1.165, 1.54) is 50.5 Å². The van der Waals surface area contributed by atoms with Gasteiger partial charge in [-0.1, -0.05) is 60.0 Å². The number of carbonyl (C=O) groups excluding carboxylic acids is 1. The molecule has 3 saturated carbocycles. The first kappa shape index (κ1) is 25.0. The van der Waals surface area contributed by atoms with Gasteiger partial charge in [-0.15, -0.1) is 0 Å². The zero-order valence-electron chi connectivity index (χ0n) is 22.8. The molecule has 0 aromatic carbocycles. The summed E-state index contributed by atoms with van der Waals surface area (Å²) in [5, 5.41) is 0. The van der Waals surface area contributed by atoms with Crippen LogP contribution >= 0.6 is 0 Å². The van der Waals surface area contributed by atoms with Crippen LogP contribution < -0.4 is 0 Å². The van der Waals surface area contributed by atoms with E-state index in [9.17, 15) is 4.79 Å². The smallest absolute Gasteiger partial charge is 0.172 e. The Morgan fingerprint density at radius 2 is 1.71 bits per heavy atom. The van der Waals surface area contributed by atoms with Crippen molar-refractivity contribution in [3.63, 3.8) is 0 Å². The van der Waals surface area contributed by atoms with Crippen molar-refractivity contribution in [1.29, 1.82) is 0 Å². The lowest BCUT2D eigenvalue weighted by atomic mass is 9.46. The highest BCUT2D eigenvalue weighted by atomic mass is 16.7. The molecule has 0 N–H and O–H groups in total. The molecule has 1 heterocycles. The highest BCUT2D eigenvalue weighted by Crippen LogP contribution is 2.67. The number of ketones is 1. The van der Waals surface area contributed by atoms with Crippen LogP contribution in [0.4, 0.5) is 0 Å². The fourth-order valence-electron chi connectivity index (χ4n) is 9.76. The lowest BCUT2D eigenvalue weighted by Gasteiger charge is -2.58. The van der Waals surface area contributed by atoms with Crippen molar-refractivity contribution >= 4 is 5.78 Å². The van der Waals surface area contributed by atoms with E-state index in [-0.39, 0.29) is 11.3 Å². The maximum absolute atomic E-state index is 13.8. The van der Waals surface area contributed by atoms with E-state index >= 15 is 0 Å². The average Bonchev–Trinajstić information content (AvgIpc) is 3.39. The molecule has 192 valence electrons. The molecule has 3 heteroatoms. The van der Waals surface area contributed by atoms with E-state index in [1.807, 2.05) is 0 Å². The number of ether oxygens (including phenoxy) is 2. The van der Waals surface area contributed by atoms with Gasteiger partial charge in [0.1, 0.15) is 0 Å². The van der Waals surface area contributed by atoms with Crippen molar-refractivity contribution in [2.24, 2.45) is 52.3 Å². The fraction of sp³-hybridized carbons (Fsp3) is 0.903. The molecule has 8 atom stereocenters. The number of hydrogen-bond donors (Lipinski definition) is 0. The molecule has 1 spiro atoms. The monoisotopic (exact) mass is 470 g/mol. The number of carbonyl (C=O) groups is 1. The molecular weight excluding hydrogens is 420 g/mol. The third-order valence-electron chi connectivity index (χ3n) is 12.0. The van der Waals surface area contributed by atoms with Gasteiger partial charge in [0, 0.05) is 18.8 Å². The van der Waals surface area contributed by atoms with Crippen LogP contribution in [-0.4, -0.2) is 24.8 Å². The van der Waals surface area contributed by atoms with E-state index in [2.05, 4.69) is 47.6 Å². The topological polar surface area (TPSA) is 35.5 Å². The Morgan fingerprint density at radius 1 is 0.971 bits per heavy atom. The highest BCUT2D eigenvalue weighted by Gasteiger charge is 2.62. The minimum Gasteiger partial charge on any atom is -0.347 e. The van der Waals surface area contributed by atoms with Gasteiger partial charge in [0.05, 0.1) is 13.2 Å². The van der Waals surface area contributed by atoms with E-state index < -0.39 is 5.79 Å². The summed E-state index contributed by atoms with van der Waals surface area (Å²) < 4.78 is 12.1. The summed E-state index contributed by atoms with van der Waals surface area (Å²) >= 11 is 0. The van der Waals surface area contributed by atoms with Crippen LogP contribution in [0.5, 0.6) is 0 Å². The predicted octanol–water partition coefficient (Wildman–Crippen LogP) is 7.59. The molecule has 0 aromatic rings. The molecule has 1 saturated heterocycles. The van der Waals surface area contributed by atoms with Gasteiger partial charge < -0.3 is 9.47 Å². The molecule has 34 heavy (non-hydrogen) atoms. The van der Waals surface area contributed by atoms with Gasteiger partial charge in [0.15, 0.2) is 11.6 Å². The van der Waals surface area contributed by atoms with Gasteiger partial charge in [-0.2, -0.15) is 0 Å². The van der Waals surface area contributed by atoms with Gasteiger partial charge in [-0.05, 0) is 90.9 Å². The van der Waals surface area contributed by atoms with Gasteiger partial charge in [0.2, 0.25) is 0 Å². The molecule has 0 radical (unpaired) electrons. The summed E-state index contributed by atoms with van der Waals surface area (Å²) in [6.45, 7) is 16.1. The first-order chi connectivity index (χ1) is 16.1. The third kappa shape index (κ3) is 3.87. The first-order valence-electron chi connectivity index (χ1n) is 14.7. The second kappa shape index (κ2) is 9.02. The first-order valence-corrected chi connectivity index (χ1v) is 14.7. The van der Waals surface area contributed by atoms with Gasteiger partial charge >= 0.3 is 0 Å². The van der Waals surface area contributed by atoms with E-state index in [0.29, 0.717) is 36.2 Å². The Balaban J connectivity index is 1.34. The van der Waals surface area contributed by atoms with Gasteiger partial charge in [-0.25, -0.2) is 0 Å². The second-order valence-electron chi connectivity index (χ2n) is 13.7. The van der Waals surface area contributed by atoms with Crippen LogP contribution in [-0.2, 0) is 14.3 Å². The largest absolute Gasteiger partial charge is 0.347 e. The maximum atomic E-state index is 13.8. The molecule has 5 aliphatic rings. The standard InChI is InChI=1S/C31H50O3/c1-7-22(20(2)3)9-8-21(4)24-10-11-25-28-26(12-13-30(24,25)6)29(5)14-15-31(33-16-17-34-31)19-23(29)18-27(28)32/h18,20-22,24-26,28H,7-17,19H2,1-6H3/t21-,22-,24-,25+,26+,28+,29+,30-/m1/s1. The van der Waals surface area contributed by atoms with E-state index in [4.69, 9.17) is 9.47 Å². The summed E-state index contributed by atoms with van der Waals surface area (Å²) in [5.41, 5.74) is 1.82. The lowest BCUT2D eigenvalue weighted by molar-refractivity contribution is -0.185. The normalized spacial score (nSPS) is 42.8. The molecule has 5 rings (SSSR count). The zero-order chi connectivity index (χ0) is 24.3. The van der Waals surface area contributed by atoms with Crippen molar-refractivity contribution in [2.45, 2.75) is 112 Å². The van der Waals surface area contributed by atoms with Crippen LogP contribution in [0.1, 0.15) is 106 Å².